The van der Waals surface area contributed by atoms with E-state index in [1.807, 2.05) is 0 Å². The van der Waals surface area contributed by atoms with Gasteiger partial charge < -0.3 is 23.7 Å². The molecule has 4 atom stereocenters. The summed E-state index contributed by atoms with van der Waals surface area (Å²) in [5.41, 5.74) is 1.68. The molecule has 3 aromatic carbocycles. The number of carbonyl (C=O) groups is 2. The van der Waals surface area contributed by atoms with Crippen molar-refractivity contribution in [3.8, 4) is 28.7 Å². The molecule has 4 rings (SSSR count). The smallest absolute Gasteiger partial charge is 0.228 e. The molecule has 1 saturated carbocycles. The van der Waals surface area contributed by atoms with Crippen molar-refractivity contribution in [3.63, 3.8) is 0 Å². The molecule has 2 unspecified atom stereocenters. The minimum atomic E-state index is -1.28. The summed E-state index contributed by atoms with van der Waals surface area (Å²) in [5.74, 6) is -1.60. The van der Waals surface area contributed by atoms with Gasteiger partial charge in [-0.3, -0.25) is 19.7 Å². The van der Waals surface area contributed by atoms with E-state index in [-0.39, 0.29) is 17.1 Å². The highest BCUT2D eigenvalue weighted by Gasteiger charge is 2.54. The van der Waals surface area contributed by atoms with Crippen LogP contribution in [0.2, 0.25) is 0 Å². The van der Waals surface area contributed by atoms with E-state index in [1.165, 1.54) is 41.6 Å². The molecule has 0 aliphatic heterocycles. The lowest BCUT2D eigenvalue weighted by atomic mass is 9.64. The highest BCUT2D eigenvalue weighted by Crippen LogP contribution is 2.47. The predicted molar refractivity (Wildman–Crippen MR) is 156 cm³/mol. The first-order chi connectivity index (χ1) is 20.3. The second-order valence-corrected chi connectivity index (χ2v) is 9.79. The second kappa shape index (κ2) is 13.2. The molecule has 1 fully saturated rings. The fourth-order valence-electron chi connectivity index (χ4n) is 5.58. The van der Waals surface area contributed by atoms with Gasteiger partial charge in [0.25, 0.3) is 0 Å². The molecule has 220 valence electrons. The molecule has 0 amide bonds. The molecule has 1 aliphatic carbocycles. The number of carbonyl (C=O) groups excluding carboxylic acids is 2. The van der Waals surface area contributed by atoms with Crippen molar-refractivity contribution in [2.24, 2.45) is 5.92 Å². The summed E-state index contributed by atoms with van der Waals surface area (Å²) in [5, 5.41) is 12.8. The SMILES string of the molecule is COc1ccc(C2C(C(=O)/C=C/c3ccc(OC)c(OC)c3)C(=O)C[C@H](c3ccc(OC)c(OC)c3)[C@@H]2[N+](=O)[O-])cc1. The Morgan fingerprint density at radius 2 is 1.36 bits per heavy atom. The molecule has 0 N–H and O–H groups in total. The summed E-state index contributed by atoms with van der Waals surface area (Å²) >= 11 is 0. The van der Waals surface area contributed by atoms with Crippen LogP contribution in [0.4, 0.5) is 0 Å². The zero-order valence-electron chi connectivity index (χ0n) is 24.1. The summed E-state index contributed by atoms with van der Waals surface area (Å²) in [6.07, 6.45) is 2.67. The van der Waals surface area contributed by atoms with E-state index in [0.717, 1.165) is 0 Å². The summed E-state index contributed by atoms with van der Waals surface area (Å²) < 4.78 is 26.6. The number of hydrogen-bond acceptors (Lipinski definition) is 9. The molecule has 0 spiro atoms. The first-order valence-electron chi connectivity index (χ1n) is 13.2. The first-order valence-corrected chi connectivity index (χ1v) is 13.2. The van der Waals surface area contributed by atoms with Crippen molar-refractivity contribution < 1.29 is 38.2 Å². The first kappa shape index (κ1) is 30.1. The molecule has 1 aliphatic rings. The number of rotatable bonds is 11. The lowest BCUT2D eigenvalue weighted by Gasteiger charge is -2.37. The average Bonchev–Trinajstić information content (AvgIpc) is 3.02. The lowest BCUT2D eigenvalue weighted by Crippen LogP contribution is -2.48. The van der Waals surface area contributed by atoms with Crippen molar-refractivity contribution in [1.82, 2.24) is 0 Å². The fraction of sp³-hybridized carbons (Fsp3) is 0.312. The van der Waals surface area contributed by atoms with Gasteiger partial charge in [-0.2, -0.15) is 0 Å². The molecule has 0 saturated heterocycles. The molecular formula is C32H33NO9. The summed E-state index contributed by atoms with van der Waals surface area (Å²) in [7, 11) is 7.50. The maximum Gasteiger partial charge on any atom is 0.228 e. The van der Waals surface area contributed by atoms with E-state index in [4.69, 9.17) is 23.7 Å². The van der Waals surface area contributed by atoms with Gasteiger partial charge in [-0.15, -0.1) is 0 Å². The number of allylic oxidation sites excluding steroid dienone is 1. The van der Waals surface area contributed by atoms with Gasteiger partial charge in [0.1, 0.15) is 11.5 Å². The van der Waals surface area contributed by atoms with Crippen molar-refractivity contribution in [3.05, 3.63) is 93.5 Å². The van der Waals surface area contributed by atoms with Gasteiger partial charge in [0.2, 0.25) is 6.04 Å². The van der Waals surface area contributed by atoms with Crippen LogP contribution in [-0.2, 0) is 9.59 Å². The van der Waals surface area contributed by atoms with Crippen LogP contribution in [0.5, 0.6) is 28.7 Å². The van der Waals surface area contributed by atoms with Crippen LogP contribution in [0, 0.1) is 16.0 Å². The Hall–Kier alpha value is -4.86. The molecule has 0 radical (unpaired) electrons. The fourth-order valence-corrected chi connectivity index (χ4v) is 5.58. The highest BCUT2D eigenvalue weighted by atomic mass is 16.6. The van der Waals surface area contributed by atoms with Gasteiger partial charge in [-0.1, -0.05) is 30.3 Å². The average molecular weight is 576 g/mol. The van der Waals surface area contributed by atoms with Crippen LogP contribution in [-0.4, -0.2) is 58.1 Å². The van der Waals surface area contributed by atoms with Crippen molar-refractivity contribution in [2.45, 2.75) is 24.3 Å². The van der Waals surface area contributed by atoms with Gasteiger partial charge in [0.05, 0.1) is 53.3 Å². The minimum absolute atomic E-state index is 0.186. The van der Waals surface area contributed by atoms with E-state index in [1.54, 1.807) is 66.7 Å². The van der Waals surface area contributed by atoms with E-state index in [0.29, 0.717) is 45.4 Å². The minimum Gasteiger partial charge on any atom is -0.497 e. The Balaban J connectivity index is 1.78. The van der Waals surface area contributed by atoms with Crippen LogP contribution in [0.15, 0.2) is 66.7 Å². The number of nitro groups is 1. The third kappa shape index (κ3) is 6.07. The number of Topliss-reactive ketones (excluding diaryl/α,β-unsaturated/α-hetero) is 1. The summed E-state index contributed by atoms with van der Waals surface area (Å²) in [6, 6.07) is 15.5. The number of methoxy groups -OCH3 is 5. The number of hydrogen-bond donors (Lipinski definition) is 0. The maximum absolute atomic E-state index is 13.8. The topological polar surface area (TPSA) is 123 Å². The number of nitrogens with zero attached hydrogens (tertiary/aromatic N) is 1. The third-order valence-electron chi connectivity index (χ3n) is 7.64. The normalized spacial score (nSPS) is 20.2. The second-order valence-electron chi connectivity index (χ2n) is 9.79. The quantitative estimate of drug-likeness (QED) is 0.133. The van der Waals surface area contributed by atoms with E-state index < -0.39 is 29.6 Å². The summed E-state index contributed by atoms with van der Waals surface area (Å²) in [6.45, 7) is 0. The largest absolute Gasteiger partial charge is 0.497 e. The molecule has 10 nitrogen and oxygen atoms in total. The molecule has 42 heavy (non-hydrogen) atoms. The van der Waals surface area contributed by atoms with Crippen LogP contribution in [0.25, 0.3) is 6.08 Å². The predicted octanol–water partition coefficient (Wildman–Crippen LogP) is 5.11. The molecule has 0 heterocycles. The van der Waals surface area contributed by atoms with Crippen molar-refractivity contribution in [1.29, 1.82) is 0 Å². The van der Waals surface area contributed by atoms with Gasteiger partial charge in [-0.05, 0) is 59.2 Å². The Morgan fingerprint density at radius 1 is 0.786 bits per heavy atom. The van der Waals surface area contributed by atoms with Gasteiger partial charge >= 0.3 is 0 Å². The standard InChI is InChI=1S/C32H33NO9/c1-38-22-11-8-20(9-12-22)30-31(24(34)13-6-19-7-14-26(39-2)28(16-19)41-4)25(35)18-23(32(30)33(36)37)21-10-15-27(40-3)29(17-21)42-5/h6-17,23,30-32H,18H2,1-5H3/b13-6+/t23-,30?,31?,32+/m1/s1. The number of ketones is 2. The molecule has 0 bridgehead atoms. The molecule has 3 aromatic rings. The molecule has 0 aromatic heterocycles. The van der Waals surface area contributed by atoms with Crippen LogP contribution < -0.4 is 23.7 Å². The Kier molecular flexibility index (Phi) is 9.46. The number of ether oxygens (including phenoxy) is 5. The van der Waals surface area contributed by atoms with Gasteiger partial charge in [-0.25, -0.2) is 0 Å². The Morgan fingerprint density at radius 3 is 1.93 bits per heavy atom. The van der Waals surface area contributed by atoms with E-state index in [9.17, 15) is 19.7 Å². The Labute approximate surface area is 244 Å². The lowest BCUT2D eigenvalue weighted by molar-refractivity contribution is -0.533. The summed E-state index contributed by atoms with van der Waals surface area (Å²) in [4.78, 5) is 39.9. The molecule has 10 heteroatoms. The molecular weight excluding hydrogens is 542 g/mol. The van der Waals surface area contributed by atoms with Gasteiger partial charge in [0, 0.05) is 11.3 Å². The van der Waals surface area contributed by atoms with Crippen molar-refractivity contribution >= 4 is 17.6 Å². The van der Waals surface area contributed by atoms with Crippen LogP contribution >= 0.6 is 0 Å². The highest BCUT2D eigenvalue weighted by molar-refractivity contribution is 6.10. The Bertz CT molecular complexity index is 1480. The van der Waals surface area contributed by atoms with Crippen LogP contribution in [0.1, 0.15) is 34.9 Å². The van der Waals surface area contributed by atoms with Gasteiger partial charge in [0.15, 0.2) is 28.8 Å². The van der Waals surface area contributed by atoms with Crippen molar-refractivity contribution in [2.75, 3.05) is 35.5 Å². The van der Waals surface area contributed by atoms with Crippen LogP contribution in [0.3, 0.4) is 0 Å². The maximum atomic E-state index is 13.8. The monoisotopic (exact) mass is 575 g/mol. The number of benzene rings is 3. The third-order valence-corrected chi connectivity index (χ3v) is 7.64. The van der Waals surface area contributed by atoms with E-state index >= 15 is 0 Å². The zero-order chi connectivity index (χ0) is 30.4. The van der Waals surface area contributed by atoms with E-state index in [2.05, 4.69) is 0 Å². The zero-order valence-corrected chi connectivity index (χ0v) is 24.1.